The van der Waals surface area contributed by atoms with Crippen molar-refractivity contribution in [2.75, 3.05) is 32.3 Å². The third-order valence-electron chi connectivity index (χ3n) is 2.25. The second-order valence-corrected chi connectivity index (χ2v) is 3.26. The van der Waals surface area contributed by atoms with Gasteiger partial charge in [0.2, 0.25) is 0 Å². The number of para-hydroxylation sites is 2. The largest absolute Gasteiger partial charge is 0.495 e. The van der Waals surface area contributed by atoms with Crippen LogP contribution in [0.25, 0.3) is 0 Å². The highest BCUT2D eigenvalue weighted by atomic mass is 16.5. The first-order chi connectivity index (χ1) is 7.70. The Hall–Kier alpha value is -1.55. The van der Waals surface area contributed by atoms with E-state index in [1.807, 2.05) is 31.2 Å². The quantitative estimate of drug-likeness (QED) is 0.762. The second-order valence-electron chi connectivity index (χ2n) is 3.26. The predicted molar refractivity (Wildman–Crippen MR) is 62.9 cm³/mol. The van der Waals surface area contributed by atoms with E-state index in [9.17, 15) is 4.79 Å². The maximum absolute atomic E-state index is 11.7. The van der Waals surface area contributed by atoms with Gasteiger partial charge in [-0.3, -0.25) is 4.79 Å². The Morgan fingerprint density at radius 1 is 1.38 bits per heavy atom. The predicted octanol–water partition coefficient (Wildman–Crippen LogP) is 1.69. The third-order valence-corrected chi connectivity index (χ3v) is 2.25. The van der Waals surface area contributed by atoms with E-state index < -0.39 is 0 Å². The topological polar surface area (TPSA) is 38.8 Å². The van der Waals surface area contributed by atoms with Crippen molar-refractivity contribution in [3.05, 3.63) is 24.3 Å². The average molecular weight is 223 g/mol. The lowest BCUT2D eigenvalue weighted by Crippen LogP contribution is -2.30. The summed E-state index contributed by atoms with van der Waals surface area (Å²) in [6.07, 6.45) is 0. The molecule has 1 aromatic rings. The van der Waals surface area contributed by atoms with Crippen LogP contribution in [0.3, 0.4) is 0 Å². The number of nitrogens with zero attached hydrogens (tertiary/aromatic N) is 1. The molecule has 16 heavy (non-hydrogen) atoms. The Bertz CT molecular complexity index is 352. The third kappa shape index (κ3) is 2.97. The Labute approximate surface area is 95.8 Å². The van der Waals surface area contributed by atoms with Gasteiger partial charge >= 0.3 is 0 Å². The number of rotatable bonds is 5. The van der Waals surface area contributed by atoms with Gasteiger partial charge in [-0.2, -0.15) is 0 Å². The van der Waals surface area contributed by atoms with Crippen LogP contribution >= 0.6 is 0 Å². The summed E-state index contributed by atoms with van der Waals surface area (Å²) in [6, 6.07) is 7.38. The van der Waals surface area contributed by atoms with Crippen LogP contribution in [0.2, 0.25) is 0 Å². The summed E-state index contributed by atoms with van der Waals surface area (Å²) in [4.78, 5) is 13.3. The van der Waals surface area contributed by atoms with Crippen molar-refractivity contribution < 1.29 is 14.3 Å². The molecule has 0 aromatic heterocycles. The van der Waals surface area contributed by atoms with Crippen molar-refractivity contribution in [2.24, 2.45) is 0 Å². The van der Waals surface area contributed by atoms with Gasteiger partial charge < -0.3 is 14.4 Å². The summed E-state index contributed by atoms with van der Waals surface area (Å²) in [5.74, 6) is 0.584. The van der Waals surface area contributed by atoms with Crippen LogP contribution in [-0.2, 0) is 9.53 Å². The van der Waals surface area contributed by atoms with Gasteiger partial charge in [-0.25, -0.2) is 0 Å². The number of likely N-dealkylation sites (N-methyl/N-ethyl adjacent to an activating group) is 1. The summed E-state index contributed by atoms with van der Waals surface area (Å²) >= 11 is 0. The highest BCUT2D eigenvalue weighted by Crippen LogP contribution is 2.26. The van der Waals surface area contributed by atoms with Crippen LogP contribution in [0.15, 0.2) is 24.3 Å². The summed E-state index contributed by atoms with van der Waals surface area (Å²) in [6.45, 7) is 2.48. The molecule has 0 aliphatic carbocycles. The maximum Gasteiger partial charge on any atom is 0.252 e. The number of hydrogen-bond acceptors (Lipinski definition) is 3. The Balaban J connectivity index is 2.78. The maximum atomic E-state index is 11.7. The zero-order valence-electron chi connectivity index (χ0n) is 9.90. The van der Waals surface area contributed by atoms with Gasteiger partial charge in [0.15, 0.2) is 0 Å². The molecule has 0 aliphatic rings. The summed E-state index contributed by atoms with van der Waals surface area (Å²) < 4.78 is 10.3. The normalized spacial score (nSPS) is 9.94. The van der Waals surface area contributed by atoms with Crippen molar-refractivity contribution in [3.8, 4) is 5.75 Å². The summed E-state index contributed by atoms with van der Waals surface area (Å²) in [7, 11) is 3.29. The van der Waals surface area contributed by atoms with Crippen LogP contribution < -0.4 is 9.64 Å². The Kier molecular flexibility index (Phi) is 4.79. The number of hydrogen-bond donors (Lipinski definition) is 0. The molecule has 0 radical (unpaired) electrons. The van der Waals surface area contributed by atoms with E-state index >= 15 is 0 Å². The van der Waals surface area contributed by atoms with Gasteiger partial charge in [-0.1, -0.05) is 12.1 Å². The van der Waals surface area contributed by atoms with Gasteiger partial charge in [0.05, 0.1) is 12.8 Å². The fraction of sp³-hybridized carbons (Fsp3) is 0.417. The molecular weight excluding hydrogens is 206 g/mol. The van der Waals surface area contributed by atoms with Crippen molar-refractivity contribution in [1.82, 2.24) is 0 Å². The monoisotopic (exact) mass is 223 g/mol. The SMILES string of the molecule is CCOCC(=O)N(C)c1ccccc1OC. The zero-order valence-corrected chi connectivity index (χ0v) is 9.90. The Morgan fingerprint density at radius 3 is 2.69 bits per heavy atom. The van der Waals surface area contributed by atoms with Crippen LogP contribution in [0.1, 0.15) is 6.92 Å². The second kappa shape index (κ2) is 6.12. The standard InChI is InChI=1S/C12H17NO3/c1-4-16-9-12(14)13(2)10-7-5-6-8-11(10)15-3/h5-8H,4,9H2,1-3H3. The number of carbonyl (C=O) groups excluding carboxylic acids is 1. The minimum atomic E-state index is -0.0913. The molecular formula is C12H17NO3. The lowest BCUT2D eigenvalue weighted by Gasteiger charge is -2.19. The number of ether oxygens (including phenoxy) is 2. The van der Waals surface area contributed by atoms with Crippen LogP contribution in [0.5, 0.6) is 5.75 Å². The summed E-state index contributed by atoms with van der Waals surface area (Å²) in [5.41, 5.74) is 0.745. The minimum Gasteiger partial charge on any atom is -0.495 e. The summed E-state index contributed by atoms with van der Waals surface area (Å²) in [5, 5.41) is 0. The lowest BCUT2D eigenvalue weighted by molar-refractivity contribution is -0.122. The fourth-order valence-electron chi connectivity index (χ4n) is 1.33. The van der Waals surface area contributed by atoms with Gasteiger partial charge in [-0.15, -0.1) is 0 Å². The molecule has 4 heteroatoms. The van der Waals surface area contributed by atoms with Gasteiger partial charge in [0.1, 0.15) is 12.4 Å². The van der Waals surface area contributed by atoms with Gasteiger partial charge in [0, 0.05) is 13.7 Å². The molecule has 88 valence electrons. The fourth-order valence-corrected chi connectivity index (χ4v) is 1.33. The number of benzene rings is 1. The van der Waals surface area contributed by atoms with E-state index in [0.717, 1.165) is 5.69 Å². The molecule has 0 bridgehead atoms. The molecule has 0 heterocycles. The smallest absolute Gasteiger partial charge is 0.252 e. The highest BCUT2D eigenvalue weighted by molar-refractivity contribution is 5.95. The van der Waals surface area contributed by atoms with Crippen molar-refractivity contribution in [2.45, 2.75) is 6.92 Å². The van der Waals surface area contributed by atoms with Crippen LogP contribution in [0, 0.1) is 0 Å². The van der Waals surface area contributed by atoms with E-state index in [0.29, 0.717) is 12.4 Å². The van der Waals surface area contributed by atoms with E-state index in [4.69, 9.17) is 9.47 Å². The number of carbonyl (C=O) groups is 1. The van der Waals surface area contributed by atoms with E-state index in [-0.39, 0.29) is 12.5 Å². The lowest BCUT2D eigenvalue weighted by atomic mass is 10.2. The number of anilines is 1. The van der Waals surface area contributed by atoms with Crippen LogP contribution in [0.4, 0.5) is 5.69 Å². The minimum absolute atomic E-state index is 0.0883. The molecule has 1 amide bonds. The van der Waals surface area contributed by atoms with Gasteiger partial charge in [0.25, 0.3) is 5.91 Å². The van der Waals surface area contributed by atoms with Crippen LogP contribution in [-0.4, -0.2) is 33.3 Å². The first-order valence-electron chi connectivity index (χ1n) is 5.18. The molecule has 4 nitrogen and oxygen atoms in total. The van der Waals surface area contributed by atoms with E-state index in [1.54, 1.807) is 14.2 Å². The molecule has 0 saturated heterocycles. The molecule has 0 fully saturated rings. The Morgan fingerprint density at radius 2 is 2.06 bits per heavy atom. The molecule has 0 N–H and O–H groups in total. The van der Waals surface area contributed by atoms with Gasteiger partial charge in [-0.05, 0) is 19.1 Å². The highest BCUT2D eigenvalue weighted by Gasteiger charge is 2.14. The zero-order chi connectivity index (χ0) is 12.0. The number of amides is 1. The average Bonchev–Trinajstić information content (AvgIpc) is 2.34. The van der Waals surface area contributed by atoms with Crippen molar-refractivity contribution in [3.63, 3.8) is 0 Å². The first kappa shape index (κ1) is 12.5. The van der Waals surface area contributed by atoms with Crippen molar-refractivity contribution in [1.29, 1.82) is 0 Å². The molecule has 0 aliphatic heterocycles. The van der Waals surface area contributed by atoms with Crippen molar-refractivity contribution >= 4 is 11.6 Å². The molecule has 0 saturated carbocycles. The molecule has 0 unspecified atom stereocenters. The number of methoxy groups -OCH3 is 1. The van der Waals surface area contributed by atoms with E-state index in [1.165, 1.54) is 4.90 Å². The molecule has 1 rings (SSSR count). The van der Waals surface area contributed by atoms with E-state index in [2.05, 4.69) is 0 Å². The molecule has 0 spiro atoms. The molecule has 0 atom stereocenters. The molecule has 1 aromatic carbocycles. The first-order valence-corrected chi connectivity index (χ1v) is 5.18.